The SMILES string of the molecule is Cc1ccccc1C(C)NC(=O)c1ccc(Cl)c(S(C)(=O)=O)c1. The van der Waals surface area contributed by atoms with E-state index in [2.05, 4.69) is 5.32 Å². The van der Waals surface area contributed by atoms with Crippen molar-refractivity contribution in [1.29, 1.82) is 0 Å². The highest BCUT2D eigenvalue weighted by Gasteiger charge is 2.17. The molecule has 0 aliphatic rings. The van der Waals surface area contributed by atoms with Gasteiger partial charge in [-0.25, -0.2) is 8.42 Å². The quantitative estimate of drug-likeness (QED) is 0.916. The van der Waals surface area contributed by atoms with Crippen LogP contribution in [-0.2, 0) is 9.84 Å². The monoisotopic (exact) mass is 351 g/mol. The molecule has 122 valence electrons. The third kappa shape index (κ3) is 4.12. The Labute approximate surface area is 141 Å². The second kappa shape index (κ2) is 6.72. The van der Waals surface area contributed by atoms with Crippen molar-refractivity contribution in [2.24, 2.45) is 0 Å². The van der Waals surface area contributed by atoms with Crippen LogP contribution in [-0.4, -0.2) is 20.6 Å². The molecule has 0 saturated carbocycles. The molecule has 2 aromatic carbocycles. The topological polar surface area (TPSA) is 63.2 Å². The number of halogens is 1. The fourth-order valence-electron chi connectivity index (χ4n) is 2.36. The Balaban J connectivity index is 2.27. The fraction of sp³-hybridized carbons (Fsp3) is 0.235. The van der Waals surface area contributed by atoms with Crippen LogP contribution in [0.4, 0.5) is 0 Å². The normalized spacial score (nSPS) is 12.7. The third-order valence-electron chi connectivity index (χ3n) is 3.60. The number of carbonyl (C=O) groups excluding carboxylic acids is 1. The lowest BCUT2D eigenvalue weighted by atomic mass is 10.0. The van der Waals surface area contributed by atoms with Gasteiger partial charge in [0.25, 0.3) is 5.91 Å². The fourth-order valence-corrected chi connectivity index (χ4v) is 3.66. The minimum atomic E-state index is -3.49. The van der Waals surface area contributed by atoms with Crippen molar-refractivity contribution >= 4 is 27.3 Å². The van der Waals surface area contributed by atoms with E-state index < -0.39 is 9.84 Å². The lowest BCUT2D eigenvalue weighted by Crippen LogP contribution is -2.27. The molecule has 1 unspecified atom stereocenters. The van der Waals surface area contributed by atoms with Crippen molar-refractivity contribution < 1.29 is 13.2 Å². The molecule has 0 fully saturated rings. The van der Waals surface area contributed by atoms with Crippen LogP contribution in [0.15, 0.2) is 47.4 Å². The van der Waals surface area contributed by atoms with Gasteiger partial charge in [-0.15, -0.1) is 0 Å². The van der Waals surface area contributed by atoms with Gasteiger partial charge in [-0.2, -0.15) is 0 Å². The van der Waals surface area contributed by atoms with E-state index in [1.807, 2.05) is 38.1 Å². The summed E-state index contributed by atoms with van der Waals surface area (Å²) in [7, 11) is -3.49. The minimum Gasteiger partial charge on any atom is -0.346 e. The minimum absolute atomic E-state index is 0.0460. The summed E-state index contributed by atoms with van der Waals surface area (Å²) < 4.78 is 23.4. The van der Waals surface area contributed by atoms with Crippen LogP contribution in [0.3, 0.4) is 0 Å². The Morgan fingerprint density at radius 3 is 2.43 bits per heavy atom. The van der Waals surface area contributed by atoms with E-state index >= 15 is 0 Å². The third-order valence-corrected chi connectivity index (χ3v) is 5.17. The van der Waals surface area contributed by atoms with Gasteiger partial charge >= 0.3 is 0 Å². The largest absolute Gasteiger partial charge is 0.346 e. The zero-order valence-corrected chi connectivity index (χ0v) is 14.7. The Hall–Kier alpha value is -1.85. The Morgan fingerprint density at radius 2 is 1.83 bits per heavy atom. The summed E-state index contributed by atoms with van der Waals surface area (Å²) >= 11 is 5.90. The smallest absolute Gasteiger partial charge is 0.251 e. The van der Waals surface area contributed by atoms with Gasteiger partial charge in [0.15, 0.2) is 9.84 Å². The first-order valence-corrected chi connectivity index (χ1v) is 9.33. The van der Waals surface area contributed by atoms with E-state index in [0.29, 0.717) is 0 Å². The summed E-state index contributed by atoms with van der Waals surface area (Å²) in [6.45, 7) is 3.86. The first-order chi connectivity index (χ1) is 10.7. The van der Waals surface area contributed by atoms with Crippen LogP contribution in [0.25, 0.3) is 0 Å². The highest BCUT2D eigenvalue weighted by atomic mass is 35.5. The highest BCUT2D eigenvalue weighted by Crippen LogP contribution is 2.23. The second-order valence-corrected chi connectivity index (χ2v) is 7.86. The van der Waals surface area contributed by atoms with Crippen LogP contribution >= 0.6 is 11.6 Å². The summed E-state index contributed by atoms with van der Waals surface area (Å²) in [5.41, 5.74) is 2.35. The van der Waals surface area contributed by atoms with Gasteiger partial charge in [0.2, 0.25) is 0 Å². The van der Waals surface area contributed by atoms with Crippen molar-refractivity contribution in [1.82, 2.24) is 5.32 Å². The van der Waals surface area contributed by atoms with Gasteiger partial charge in [-0.3, -0.25) is 4.79 Å². The van der Waals surface area contributed by atoms with Crippen molar-refractivity contribution in [2.75, 3.05) is 6.26 Å². The molecule has 2 rings (SSSR count). The average Bonchev–Trinajstić information content (AvgIpc) is 2.46. The predicted molar refractivity (Wildman–Crippen MR) is 91.6 cm³/mol. The predicted octanol–water partition coefficient (Wildman–Crippen LogP) is 3.54. The maximum atomic E-state index is 12.4. The molecule has 0 heterocycles. The van der Waals surface area contributed by atoms with Crippen LogP contribution in [0.5, 0.6) is 0 Å². The van der Waals surface area contributed by atoms with E-state index in [1.165, 1.54) is 18.2 Å². The van der Waals surface area contributed by atoms with Crippen molar-refractivity contribution in [2.45, 2.75) is 24.8 Å². The zero-order chi connectivity index (χ0) is 17.2. The molecule has 1 N–H and O–H groups in total. The van der Waals surface area contributed by atoms with E-state index in [0.717, 1.165) is 17.4 Å². The van der Waals surface area contributed by atoms with E-state index in [1.54, 1.807) is 0 Å². The molecule has 0 radical (unpaired) electrons. The van der Waals surface area contributed by atoms with Gasteiger partial charge in [-0.1, -0.05) is 35.9 Å². The number of amides is 1. The molecule has 23 heavy (non-hydrogen) atoms. The second-order valence-electron chi connectivity index (χ2n) is 5.47. The summed E-state index contributed by atoms with van der Waals surface area (Å²) in [6.07, 6.45) is 1.06. The lowest BCUT2D eigenvalue weighted by Gasteiger charge is -2.17. The summed E-state index contributed by atoms with van der Waals surface area (Å²) in [5.74, 6) is -0.345. The number of carbonyl (C=O) groups is 1. The molecule has 0 bridgehead atoms. The maximum Gasteiger partial charge on any atom is 0.251 e. The van der Waals surface area contributed by atoms with E-state index in [-0.39, 0.29) is 27.4 Å². The van der Waals surface area contributed by atoms with E-state index in [9.17, 15) is 13.2 Å². The van der Waals surface area contributed by atoms with Gasteiger partial charge in [0, 0.05) is 11.8 Å². The first kappa shape index (κ1) is 17.5. The number of nitrogens with one attached hydrogen (secondary N) is 1. The van der Waals surface area contributed by atoms with Gasteiger partial charge < -0.3 is 5.32 Å². The summed E-state index contributed by atoms with van der Waals surface area (Å²) in [5, 5.41) is 2.98. The lowest BCUT2D eigenvalue weighted by molar-refractivity contribution is 0.0939. The molecular weight excluding hydrogens is 334 g/mol. The summed E-state index contributed by atoms with van der Waals surface area (Å²) in [4.78, 5) is 12.3. The van der Waals surface area contributed by atoms with Crippen LogP contribution < -0.4 is 5.32 Å². The zero-order valence-electron chi connectivity index (χ0n) is 13.1. The van der Waals surface area contributed by atoms with Crippen molar-refractivity contribution in [3.63, 3.8) is 0 Å². The highest BCUT2D eigenvalue weighted by molar-refractivity contribution is 7.90. The molecule has 1 amide bonds. The van der Waals surface area contributed by atoms with Crippen molar-refractivity contribution in [3.05, 3.63) is 64.2 Å². The van der Waals surface area contributed by atoms with Crippen LogP contribution in [0.1, 0.15) is 34.5 Å². The average molecular weight is 352 g/mol. The van der Waals surface area contributed by atoms with E-state index in [4.69, 9.17) is 11.6 Å². The van der Waals surface area contributed by atoms with Gasteiger partial charge in [-0.05, 0) is 43.2 Å². The first-order valence-electron chi connectivity index (χ1n) is 7.06. The molecule has 0 aliphatic carbocycles. The molecule has 0 saturated heterocycles. The number of sulfone groups is 1. The Morgan fingerprint density at radius 1 is 1.17 bits per heavy atom. The molecule has 2 aromatic rings. The summed E-state index contributed by atoms with van der Waals surface area (Å²) in [6, 6.07) is 11.8. The molecule has 0 spiro atoms. The van der Waals surface area contributed by atoms with Crippen LogP contribution in [0.2, 0.25) is 5.02 Å². The number of rotatable bonds is 4. The molecule has 0 aromatic heterocycles. The number of benzene rings is 2. The molecule has 4 nitrogen and oxygen atoms in total. The Bertz CT molecular complexity index is 847. The standard InChI is InChI=1S/C17H18ClNO3S/c1-11-6-4-5-7-14(11)12(2)19-17(20)13-8-9-15(18)16(10-13)23(3,21)22/h4-10,12H,1-3H3,(H,19,20). The number of hydrogen-bond donors (Lipinski definition) is 1. The number of aryl methyl sites for hydroxylation is 1. The Kier molecular flexibility index (Phi) is 5.12. The van der Waals surface area contributed by atoms with Gasteiger partial charge in [0.1, 0.15) is 0 Å². The molecular formula is C17H18ClNO3S. The van der Waals surface area contributed by atoms with Gasteiger partial charge in [0.05, 0.1) is 16.0 Å². The van der Waals surface area contributed by atoms with Crippen molar-refractivity contribution in [3.8, 4) is 0 Å². The molecule has 0 aliphatic heterocycles. The maximum absolute atomic E-state index is 12.4. The van der Waals surface area contributed by atoms with Crippen LogP contribution in [0, 0.1) is 6.92 Å². The molecule has 1 atom stereocenters. The number of hydrogen-bond acceptors (Lipinski definition) is 3. The molecule has 6 heteroatoms.